The Bertz CT molecular complexity index is 1610. The van der Waals surface area contributed by atoms with Gasteiger partial charge in [0, 0.05) is 34.1 Å². The number of hydrogen-bond acceptors (Lipinski definition) is 6. The van der Waals surface area contributed by atoms with Gasteiger partial charge in [0.1, 0.15) is 50.2 Å². The number of benzene rings is 4. The molecular formula is C33H31FN3O5+. The Morgan fingerprint density at radius 3 is 2.52 bits per heavy atom. The Hall–Kier alpha value is -4.73. The van der Waals surface area contributed by atoms with E-state index in [-0.39, 0.29) is 18.1 Å². The number of carbonyl (C=O) groups excluding carboxylic acids is 2. The van der Waals surface area contributed by atoms with E-state index >= 15 is 0 Å². The molecule has 2 aliphatic rings. The fourth-order valence-corrected chi connectivity index (χ4v) is 5.06. The van der Waals surface area contributed by atoms with Gasteiger partial charge in [-0.1, -0.05) is 24.3 Å². The molecule has 3 N–H and O–H groups in total. The smallest absolute Gasteiger partial charge is 0.255 e. The van der Waals surface area contributed by atoms with E-state index in [4.69, 9.17) is 14.2 Å². The maximum atomic E-state index is 14.5. The number of carbonyl (C=O) groups is 2. The highest BCUT2D eigenvalue weighted by atomic mass is 19.1. The summed E-state index contributed by atoms with van der Waals surface area (Å²) in [4.78, 5) is 27.5. The molecule has 0 unspecified atom stereocenters. The number of hydrogen-bond donors (Lipinski definition) is 3. The van der Waals surface area contributed by atoms with Crippen LogP contribution in [0.2, 0.25) is 0 Å². The SMILES string of the molecule is O=C(Nc1cc(Nc2ccc3c(c2)OCc2ccc(OCC[NH+]4CCOCC4)cc2C3=O)ccc1F)c1ccccc1. The first-order valence-electron chi connectivity index (χ1n) is 13.9. The second kappa shape index (κ2) is 12.4. The molecule has 1 fully saturated rings. The van der Waals surface area contributed by atoms with Gasteiger partial charge in [-0.15, -0.1) is 0 Å². The average molecular weight is 569 g/mol. The molecule has 42 heavy (non-hydrogen) atoms. The predicted octanol–water partition coefficient (Wildman–Crippen LogP) is 4.24. The van der Waals surface area contributed by atoms with Crippen LogP contribution in [0.25, 0.3) is 0 Å². The Morgan fingerprint density at radius 2 is 1.69 bits per heavy atom. The number of ether oxygens (including phenoxy) is 3. The van der Waals surface area contributed by atoms with Crippen molar-refractivity contribution in [3.05, 3.63) is 113 Å². The predicted molar refractivity (Wildman–Crippen MR) is 157 cm³/mol. The molecule has 0 aromatic heterocycles. The lowest BCUT2D eigenvalue weighted by molar-refractivity contribution is -0.908. The summed E-state index contributed by atoms with van der Waals surface area (Å²) in [6.45, 7) is 5.18. The largest absolute Gasteiger partial charge is 0.488 e. The molecule has 0 bridgehead atoms. The minimum atomic E-state index is -0.552. The summed E-state index contributed by atoms with van der Waals surface area (Å²) < 4.78 is 31.9. The molecule has 0 aliphatic carbocycles. The molecule has 0 spiro atoms. The van der Waals surface area contributed by atoms with Crippen molar-refractivity contribution in [3.8, 4) is 11.5 Å². The van der Waals surface area contributed by atoms with Gasteiger partial charge >= 0.3 is 0 Å². The number of fused-ring (bicyclic) bond motifs is 2. The topological polar surface area (TPSA) is 90.3 Å². The third-order valence-corrected chi connectivity index (χ3v) is 7.40. The zero-order chi connectivity index (χ0) is 28.9. The second-order valence-corrected chi connectivity index (χ2v) is 10.2. The Labute approximate surface area is 243 Å². The average Bonchev–Trinajstić information content (AvgIpc) is 3.15. The van der Waals surface area contributed by atoms with E-state index in [1.807, 2.05) is 12.1 Å². The summed E-state index contributed by atoms with van der Waals surface area (Å²) in [6, 6.07) is 23.7. The van der Waals surface area contributed by atoms with E-state index in [1.54, 1.807) is 60.7 Å². The van der Waals surface area contributed by atoms with Gasteiger partial charge in [-0.2, -0.15) is 0 Å². The maximum Gasteiger partial charge on any atom is 0.255 e. The summed E-state index contributed by atoms with van der Waals surface area (Å²) >= 11 is 0. The van der Waals surface area contributed by atoms with Gasteiger partial charge in [0.2, 0.25) is 0 Å². The van der Waals surface area contributed by atoms with Crippen molar-refractivity contribution in [2.45, 2.75) is 6.61 Å². The van der Waals surface area contributed by atoms with Crippen LogP contribution < -0.4 is 25.0 Å². The third-order valence-electron chi connectivity index (χ3n) is 7.40. The van der Waals surface area contributed by atoms with Gasteiger partial charge in [-0.05, 0) is 54.6 Å². The molecule has 0 saturated carbocycles. The van der Waals surface area contributed by atoms with E-state index in [2.05, 4.69) is 10.6 Å². The monoisotopic (exact) mass is 568 g/mol. The van der Waals surface area contributed by atoms with Crippen molar-refractivity contribution in [2.75, 3.05) is 50.1 Å². The summed E-state index contributed by atoms with van der Waals surface area (Å²) in [7, 11) is 0. The molecular weight excluding hydrogens is 537 g/mol. The molecule has 4 aromatic rings. The molecule has 214 valence electrons. The zero-order valence-corrected chi connectivity index (χ0v) is 23.0. The zero-order valence-electron chi connectivity index (χ0n) is 23.0. The van der Waals surface area contributed by atoms with Crippen LogP contribution in [-0.4, -0.2) is 51.1 Å². The molecule has 9 heteroatoms. The lowest BCUT2D eigenvalue weighted by Gasteiger charge is -2.23. The van der Waals surface area contributed by atoms with Crippen molar-refractivity contribution in [1.29, 1.82) is 0 Å². The second-order valence-electron chi connectivity index (χ2n) is 10.2. The summed E-state index contributed by atoms with van der Waals surface area (Å²) in [5.41, 5.74) is 3.48. The number of amides is 1. The van der Waals surface area contributed by atoms with Gasteiger partial charge in [-0.3, -0.25) is 9.59 Å². The number of nitrogens with one attached hydrogen (secondary N) is 3. The Balaban J connectivity index is 1.14. The van der Waals surface area contributed by atoms with E-state index < -0.39 is 11.7 Å². The van der Waals surface area contributed by atoms with Crippen molar-refractivity contribution in [1.82, 2.24) is 0 Å². The van der Waals surface area contributed by atoms with Gasteiger partial charge in [-0.25, -0.2) is 4.39 Å². The van der Waals surface area contributed by atoms with Crippen LogP contribution in [0.4, 0.5) is 21.5 Å². The van der Waals surface area contributed by atoms with Crippen LogP contribution in [0.3, 0.4) is 0 Å². The number of quaternary nitrogens is 1. The van der Waals surface area contributed by atoms with Crippen LogP contribution >= 0.6 is 0 Å². The third kappa shape index (κ3) is 6.27. The maximum absolute atomic E-state index is 14.5. The van der Waals surface area contributed by atoms with Crippen molar-refractivity contribution < 1.29 is 33.1 Å². The number of rotatable bonds is 8. The van der Waals surface area contributed by atoms with Gasteiger partial charge < -0.3 is 29.7 Å². The molecule has 6 rings (SSSR count). The fraction of sp³-hybridized carbons (Fsp3) is 0.212. The summed E-state index contributed by atoms with van der Waals surface area (Å²) in [5.74, 6) is 0.00216. The highest BCUT2D eigenvalue weighted by molar-refractivity contribution is 6.12. The summed E-state index contributed by atoms with van der Waals surface area (Å²) in [5, 5.41) is 5.83. The van der Waals surface area contributed by atoms with Crippen molar-refractivity contribution >= 4 is 28.8 Å². The normalized spacial score (nSPS) is 14.6. The minimum absolute atomic E-state index is 0.0508. The number of morpholine rings is 1. The van der Waals surface area contributed by atoms with E-state index in [9.17, 15) is 14.0 Å². The van der Waals surface area contributed by atoms with Crippen molar-refractivity contribution in [2.24, 2.45) is 0 Å². The molecule has 0 radical (unpaired) electrons. The van der Waals surface area contributed by atoms with Crippen LogP contribution in [-0.2, 0) is 11.3 Å². The van der Waals surface area contributed by atoms with Gasteiger partial charge in [0.15, 0.2) is 5.78 Å². The first kappa shape index (κ1) is 27.4. The first-order chi connectivity index (χ1) is 20.5. The first-order valence-corrected chi connectivity index (χ1v) is 13.9. The highest BCUT2D eigenvalue weighted by Crippen LogP contribution is 2.34. The number of ketones is 1. The Kier molecular flexibility index (Phi) is 8.12. The van der Waals surface area contributed by atoms with Crippen LogP contribution in [0.1, 0.15) is 31.8 Å². The standard InChI is InChI=1S/C33H30FN3O5/c34-29-11-8-24(18-30(29)36-33(39)22-4-2-1-3-5-22)35-25-7-10-27-31(19-25)42-21-23-6-9-26(20-28(23)32(27)38)41-17-14-37-12-15-40-16-13-37/h1-11,18-20,35H,12-17,21H2,(H,36,39)/p+1. The van der Waals surface area contributed by atoms with Crippen LogP contribution in [0.5, 0.6) is 11.5 Å². The molecule has 4 aromatic carbocycles. The lowest BCUT2D eigenvalue weighted by Crippen LogP contribution is -3.14. The van der Waals surface area contributed by atoms with E-state index in [0.29, 0.717) is 46.2 Å². The van der Waals surface area contributed by atoms with Gasteiger partial charge in [0.25, 0.3) is 5.91 Å². The fourth-order valence-electron chi connectivity index (χ4n) is 5.06. The number of halogens is 1. The number of anilines is 3. The quantitative estimate of drug-likeness (QED) is 0.295. The summed E-state index contributed by atoms with van der Waals surface area (Å²) in [6.07, 6.45) is 0. The van der Waals surface area contributed by atoms with E-state index in [1.165, 1.54) is 17.0 Å². The highest BCUT2D eigenvalue weighted by Gasteiger charge is 2.24. The Morgan fingerprint density at radius 1 is 0.905 bits per heavy atom. The van der Waals surface area contributed by atoms with Crippen LogP contribution in [0, 0.1) is 5.82 Å². The van der Waals surface area contributed by atoms with Crippen LogP contribution in [0.15, 0.2) is 84.9 Å². The van der Waals surface area contributed by atoms with Gasteiger partial charge in [0.05, 0.1) is 24.5 Å². The van der Waals surface area contributed by atoms with E-state index in [0.717, 1.165) is 38.4 Å². The van der Waals surface area contributed by atoms with Crippen molar-refractivity contribution in [3.63, 3.8) is 0 Å². The molecule has 1 saturated heterocycles. The molecule has 1 amide bonds. The molecule has 2 heterocycles. The molecule has 0 atom stereocenters. The minimum Gasteiger partial charge on any atom is -0.488 e. The lowest BCUT2D eigenvalue weighted by atomic mass is 9.98. The molecule has 8 nitrogen and oxygen atoms in total. The molecule has 2 aliphatic heterocycles.